The number of carbonyl (C=O) groups excluding carboxylic acids is 3. The van der Waals surface area contributed by atoms with Crippen LogP contribution in [0.2, 0.25) is 0 Å². The minimum Gasteiger partial charge on any atom is -0.479 e. The summed E-state index contributed by atoms with van der Waals surface area (Å²) in [5, 5.41) is 21.8. The quantitative estimate of drug-likeness (QED) is 0.436. The van der Waals surface area contributed by atoms with E-state index < -0.39 is 75.5 Å². The van der Waals surface area contributed by atoms with Gasteiger partial charge in [-0.05, 0) is 45.6 Å². The Morgan fingerprint density at radius 3 is 2.34 bits per heavy atom. The van der Waals surface area contributed by atoms with Crippen molar-refractivity contribution >= 4 is 23.7 Å². The Hall–Kier alpha value is -2.72. The molecule has 2 saturated carbocycles. The molecule has 0 radical (unpaired) electrons. The van der Waals surface area contributed by atoms with Gasteiger partial charge in [0, 0.05) is 35.7 Å². The first kappa shape index (κ1) is 26.9. The molecule has 2 saturated heterocycles. The second kappa shape index (κ2) is 8.14. The van der Waals surface area contributed by atoms with Gasteiger partial charge in [0.2, 0.25) is 0 Å². The molecular weight excluding hydrogens is 496 g/mol. The normalized spacial score (nSPS) is 44.3. The molecule has 4 aliphatic rings. The maximum atomic E-state index is 14.4. The highest BCUT2D eigenvalue weighted by Crippen LogP contribution is 2.77. The summed E-state index contributed by atoms with van der Waals surface area (Å²) in [6.07, 6.45) is -0.0325. The zero-order valence-corrected chi connectivity index (χ0v) is 22.6. The molecule has 1 aromatic heterocycles. The Morgan fingerprint density at radius 1 is 1.11 bits per heavy atom. The van der Waals surface area contributed by atoms with Crippen LogP contribution in [0.4, 0.5) is 0 Å². The van der Waals surface area contributed by atoms with Crippen molar-refractivity contribution in [3.8, 4) is 0 Å². The molecule has 3 heterocycles. The average Bonchev–Trinajstić information content (AvgIpc) is 3.38. The zero-order valence-electron chi connectivity index (χ0n) is 22.6. The highest BCUT2D eigenvalue weighted by atomic mass is 16.6. The maximum Gasteiger partial charge on any atom is 0.335 e. The first-order valence-corrected chi connectivity index (χ1v) is 13.1. The number of hydrogen-bond acceptors (Lipinski definition) is 9. The standard InChI is InChI=1S/C28H36O10/c1-14(29)36-19-12-20(31)37-24(2,3)17-11-18(30)27(6)16(26(17,19)5)7-9-25(4,21(32)15-8-10-35-13-15)28(27)22(38-28)23(33)34/h8,10,13,16-17,19,21-22,32H,7,9,11-12H2,1-6H3,(H,33,34)/t16-,17+,19+,21+,22-,25+,26-,27+,28-/m1/s1. The molecule has 1 spiro atoms. The van der Waals surface area contributed by atoms with E-state index in [2.05, 4.69) is 0 Å². The topological polar surface area (TPSA) is 153 Å². The summed E-state index contributed by atoms with van der Waals surface area (Å²) in [4.78, 5) is 51.9. The van der Waals surface area contributed by atoms with Gasteiger partial charge in [0.25, 0.3) is 0 Å². The maximum absolute atomic E-state index is 14.4. The molecule has 2 N–H and O–H groups in total. The van der Waals surface area contributed by atoms with Crippen molar-refractivity contribution in [2.45, 2.75) is 96.7 Å². The molecule has 0 bridgehead atoms. The van der Waals surface area contributed by atoms with Gasteiger partial charge < -0.3 is 28.8 Å². The van der Waals surface area contributed by atoms with Crippen molar-refractivity contribution in [1.82, 2.24) is 0 Å². The summed E-state index contributed by atoms with van der Waals surface area (Å²) < 4.78 is 22.9. The number of fused-ring (bicyclic) bond motifs is 4. The van der Waals surface area contributed by atoms with Gasteiger partial charge in [-0.25, -0.2) is 4.79 Å². The summed E-state index contributed by atoms with van der Waals surface area (Å²) in [5.41, 5.74) is -5.59. The van der Waals surface area contributed by atoms with E-state index in [9.17, 15) is 29.4 Å². The Kier molecular flexibility index (Phi) is 5.76. The molecule has 5 rings (SSSR count). The SMILES string of the molecule is CC(=O)O[C@H]1CC(=O)OC(C)(C)[C@@H]2CC(=O)[C@]3(C)[C@H](CC[C@@](C)([C@@H](O)c4ccoc4)[C@@]34O[C@@H]4C(=O)O)[C@@]12C. The van der Waals surface area contributed by atoms with Gasteiger partial charge in [-0.15, -0.1) is 0 Å². The molecule has 0 unspecified atom stereocenters. The van der Waals surface area contributed by atoms with Gasteiger partial charge >= 0.3 is 17.9 Å². The van der Waals surface area contributed by atoms with Crippen molar-refractivity contribution in [2.75, 3.05) is 0 Å². The minimum atomic E-state index is -1.54. The number of furan rings is 1. The number of carboxylic acid groups (broad SMARTS) is 1. The third kappa shape index (κ3) is 3.19. The van der Waals surface area contributed by atoms with Crippen LogP contribution in [0.5, 0.6) is 0 Å². The third-order valence-electron chi connectivity index (χ3n) is 10.6. The van der Waals surface area contributed by atoms with Gasteiger partial charge in [-0.2, -0.15) is 0 Å². The molecule has 0 aromatic carbocycles. The molecule has 38 heavy (non-hydrogen) atoms. The highest BCUT2D eigenvalue weighted by Gasteiger charge is 2.86. The van der Waals surface area contributed by atoms with Crippen LogP contribution in [0.25, 0.3) is 0 Å². The van der Waals surface area contributed by atoms with Gasteiger partial charge in [-0.3, -0.25) is 14.4 Å². The minimum absolute atomic E-state index is 0.0309. The van der Waals surface area contributed by atoms with E-state index in [-0.39, 0.29) is 18.6 Å². The summed E-state index contributed by atoms with van der Waals surface area (Å²) in [7, 11) is 0. The molecule has 10 heteroatoms. The number of aliphatic carboxylic acids is 1. The number of ether oxygens (including phenoxy) is 3. The Labute approximate surface area is 221 Å². The largest absolute Gasteiger partial charge is 0.479 e. The number of carbonyl (C=O) groups is 4. The van der Waals surface area contributed by atoms with Crippen molar-refractivity contribution in [2.24, 2.45) is 28.1 Å². The van der Waals surface area contributed by atoms with Crippen LogP contribution < -0.4 is 0 Å². The fourth-order valence-electron chi connectivity index (χ4n) is 8.90. The Bertz CT molecular complexity index is 1190. The lowest BCUT2D eigenvalue weighted by Crippen LogP contribution is -2.71. The molecule has 2 aliphatic carbocycles. The summed E-state index contributed by atoms with van der Waals surface area (Å²) in [5.74, 6) is -3.55. The van der Waals surface area contributed by atoms with Crippen LogP contribution in [-0.4, -0.2) is 57.3 Å². The molecular formula is C28H36O10. The number of epoxide rings is 1. The number of aliphatic hydroxyl groups is 1. The fraction of sp³-hybridized carbons (Fsp3) is 0.714. The van der Waals surface area contributed by atoms with E-state index in [1.807, 2.05) is 6.92 Å². The number of rotatable bonds is 4. The van der Waals surface area contributed by atoms with Crippen molar-refractivity contribution in [3.63, 3.8) is 0 Å². The van der Waals surface area contributed by atoms with Gasteiger partial charge in [0.05, 0.1) is 30.5 Å². The summed E-state index contributed by atoms with van der Waals surface area (Å²) in [6.45, 7) is 10.2. The van der Waals surface area contributed by atoms with Gasteiger partial charge in [0.15, 0.2) is 6.10 Å². The van der Waals surface area contributed by atoms with Gasteiger partial charge in [0.1, 0.15) is 23.1 Å². The van der Waals surface area contributed by atoms with E-state index in [1.165, 1.54) is 19.5 Å². The van der Waals surface area contributed by atoms with Crippen molar-refractivity contribution < 1.29 is 48.0 Å². The predicted molar refractivity (Wildman–Crippen MR) is 129 cm³/mol. The second-order valence-electron chi connectivity index (χ2n) is 12.7. The van der Waals surface area contributed by atoms with E-state index in [0.29, 0.717) is 18.4 Å². The number of aliphatic hydroxyl groups excluding tert-OH is 1. The van der Waals surface area contributed by atoms with Crippen LogP contribution in [0.3, 0.4) is 0 Å². The van der Waals surface area contributed by atoms with Crippen molar-refractivity contribution in [3.05, 3.63) is 24.2 Å². The number of cyclic esters (lactones) is 1. The summed E-state index contributed by atoms with van der Waals surface area (Å²) in [6, 6.07) is 1.61. The van der Waals surface area contributed by atoms with Gasteiger partial charge in [-0.1, -0.05) is 13.8 Å². The lowest BCUT2D eigenvalue weighted by atomic mass is 9.37. The molecule has 2 aliphatic heterocycles. The first-order valence-electron chi connectivity index (χ1n) is 13.1. The van der Waals surface area contributed by atoms with Crippen LogP contribution in [0.1, 0.15) is 78.9 Å². The Morgan fingerprint density at radius 2 is 1.79 bits per heavy atom. The predicted octanol–water partition coefficient (Wildman–Crippen LogP) is 3.21. The number of hydrogen-bond donors (Lipinski definition) is 2. The number of esters is 2. The Balaban J connectivity index is 1.72. The number of carboxylic acids is 1. The lowest BCUT2D eigenvalue weighted by molar-refractivity contribution is -0.227. The highest BCUT2D eigenvalue weighted by molar-refractivity contribution is 5.92. The second-order valence-corrected chi connectivity index (χ2v) is 12.7. The van der Waals surface area contributed by atoms with E-state index in [4.69, 9.17) is 18.6 Å². The molecule has 10 nitrogen and oxygen atoms in total. The molecule has 0 amide bonds. The average molecular weight is 533 g/mol. The summed E-state index contributed by atoms with van der Waals surface area (Å²) >= 11 is 0. The zero-order chi connectivity index (χ0) is 28.1. The van der Waals surface area contributed by atoms with Crippen LogP contribution in [-0.2, 0) is 33.4 Å². The van der Waals surface area contributed by atoms with Crippen LogP contribution in [0, 0.1) is 28.1 Å². The van der Waals surface area contributed by atoms with E-state index in [1.54, 1.807) is 33.8 Å². The van der Waals surface area contributed by atoms with Crippen LogP contribution >= 0.6 is 0 Å². The molecule has 1 aromatic rings. The molecule has 208 valence electrons. The monoisotopic (exact) mass is 532 g/mol. The number of ketones is 1. The van der Waals surface area contributed by atoms with Crippen LogP contribution in [0.15, 0.2) is 23.0 Å². The molecule has 9 atom stereocenters. The molecule has 4 fully saturated rings. The number of Topliss-reactive ketones (excluding diaryl/α,β-unsaturated/α-hetero) is 1. The third-order valence-corrected chi connectivity index (χ3v) is 10.6. The fourth-order valence-corrected chi connectivity index (χ4v) is 8.90. The smallest absolute Gasteiger partial charge is 0.335 e. The van der Waals surface area contributed by atoms with Crippen molar-refractivity contribution in [1.29, 1.82) is 0 Å². The first-order chi connectivity index (χ1) is 17.6. The van der Waals surface area contributed by atoms with E-state index >= 15 is 0 Å². The lowest BCUT2D eigenvalue weighted by Gasteiger charge is -2.65. The van der Waals surface area contributed by atoms with E-state index in [0.717, 1.165) is 0 Å².